The number of rotatable bonds is 10. The molecule has 2 aliphatic rings. The van der Waals surface area contributed by atoms with Gasteiger partial charge in [0.15, 0.2) is 0 Å². The highest BCUT2D eigenvalue weighted by Gasteiger charge is 2.36. The molecule has 2 heterocycles. The zero-order valence-corrected chi connectivity index (χ0v) is 20.7. The predicted octanol–water partition coefficient (Wildman–Crippen LogP) is 2.78. The number of carbonyl (C=O) groups excluding carboxylic acids is 2. The summed E-state index contributed by atoms with van der Waals surface area (Å²) in [6.07, 6.45) is 2.18. The molecule has 0 radical (unpaired) electrons. The Morgan fingerprint density at radius 2 is 1.77 bits per heavy atom. The summed E-state index contributed by atoms with van der Waals surface area (Å²) in [4.78, 5) is 31.9. The first-order chi connectivity index (χ1) is 17.1. The molecule has 0 aliphatic carbocycles. The van der Waals surface area contributed by atoms with Crippen molar-refractivity contribution in [3.63, 3.8) is 0 Å². The van der Waals surface area contributed by atoms with Crippen molar-refractivity contribution in [1.29, 1.82) is 0 Å². The molecule has 35 heavy (non-hydrogen) atoms. The molecule has 2 aliphatic heterocycles. The van der Waals surface area contributed by atoms with Gasteiger partial charge < -0.3 is 24.6 Å². The second kappa shape index (κ2) is 11.9. The average molecular weight is 481 g/mol. The van der Waals surface area contributed by atoms with Crippen LogP contribution in [0.1, 0.15) is 19.3 Å². The van der Waals surface area contributed by atoms with Crippen molar-refractivity contribution in [3.8, 4) is 11.5 Å². The number of unbranched alkanes of at least 4 members (excludes halogenated alkanes) is 1. The summed E-state index contributed by atoms with van der Waals surface area (Å²) in [5, 5.41) is 3.03. The van der Waals surface area contributed by atoms with Crippen LogP contribution in [0, 0.1) is 5.92 Å². The Morgan fingerprint density at radius 3 is 2.49 bits per heavy atom. The Hall–Kier alpha value is -3.26. The van der Waals surface area contributed by atoms with Crippen LogP contribution in [0.5, 0.6) is 11.5 Å². The number of para-hydroxylation sites is 1. The normalized spacial score (nSPS) is 18.6. The quantitative estimate of drug-likeness (QED) is 0.527. The number of piperazine rings is 1. The molecule has 1 N–H and O–H groups in total. The molecule has 8 nitrogen and oxygen atoms in total. The fraction of sp³-hybridized carbons (Fsp3) is 0.481. The number of benzene rings is 2. The Bertz CT molecular complexity index is 992. The van der Waals surface area contributed by atoms with Gasteiger partial charge in [0, 0.05) is 57.4 Å². The maximum absolute atomic E-state index is 12.7. The van der Waals surface area contributed by atoms with E-state index in [0.29, 0.717) is 30.3 Å². The maximum Gasteiger partial charge on any atom is 0.227 e. The zero-order chi connectivity index (χ0) is 24.6. The largest absolute Gasteiger partial charge is 0.497 e. The Kier molecular flexibility index (Phi) is 8.47. The SMILES string of the molecule is COc1ccc(OC)c(N2CC(C(=O)NCCCCN3CCN(c4ccccc4)CC3)CC2=O)c1. The van der Waals surface area contributed by atoms with Gasteiger partial charge in [0.05, 0.1) is 25.8 Å². The third-order valence-corrected chi connectivity index (χ3v) is 6.87. The number of nitrogens with one attached hydrogen (secondary N) is 1. The number of carbonyl (C=O) groups is 2. The van der Waals surface area contributed by atoms with E-state index in [-0.39, 0.29) is 24.2 Å². The van der Waals surface area contributed by atoms with Gasteiger partial charge in [-0.15, -0.1) is 0 Å². The zero-order valence-electron chi connectivity index (χ0n) is 20.7. The van der Waals surface area contributed by atoms with E-state index in [9.17, 15) is 9.59 Å². The topological polar surface area (TPSA) is 74.4 Å². The van der Waals surface area contributed by atoms with Crippen LogP contribution in [0.15, 0.2) is 48.5 Å². The Morgan fingerprint density at radius 1 is 1.00 bits per heavy atom. The van der Waals surface area contributed by atoms with Gasteiger partial charge in [-0.25, -0.2) is 0 Å². The van der Waals surface area contributed by atoms with Gasteiger partial charge in [-0.2, -0.15) is 0 Å². The fourth-order valence-electron chi connectivity index (χ4n) is 4.81. The van der Waals surface area contributed by atoms with Crippen molar-refractivity contribution in [2.45, 2.75) is 19.3 Å². The van der Waals surface area contributed by atoms with Crippen molar-refractivity contribution in [1.82, 2.24) is 10.2 Å². The van der Waals surface area contributed by atoms with Crippen LogP contribution >= 0.6 is 0 Å². The molecule has 0 saturated carbocycles. The van der Waals surface area contributed by atoms with E-state index in [1.807, 2.05) is 0 Å². The highest BCUT2D eigenvalue weighted by Crippen LogP contribution is 2.36. The van der Waals surface area contributed by atoms with Crippen molar-refractivity contribution in [3.05, 3.63) is 48.5 Å². The number of nitrogens with zero attached hydrogens (tertiary/aromatic N) is 3. The van der Waals surface area contributed by atoms with E-state index < -0.39 is 0 Å². The lowest BCUT2D eigenvalue weighted by Crippen LogP contribution is -2.46. The second-order valence-corrected chi connectivity index (χ2v) is 9.11. The van der Waals surface area contributed by atoms with E-state index in [2.05, 4.69) is 45.4 Å². The smallest absolute Gasteiger partial charge is 0.227 e. The van der Waals surface area contributed by atoms with Gasteiger partial charge in [-0.3, -0.25) is 14.5 Å². The van der Waals surface area contributed by atoms with Crippen molar-refractivity contribution < 1.29 is 19.1 Å². The van der Waals surface area contributed by atoms with E-state index in [4.69, 9.17) is 9.47 Å². The van der Waals surface area contributed by atoms with Crippen molar-refractivity contribution in [2.75, 3.05) is 69.8 Å². The molecule has 0 aromatic heterocycles. The Balaban J connectivity index is 1.16. The standard InChI is InChI=1S/C27H36N4O4/c1-34-23-10-11-25(35-2)24(19-23)31-20-21(18-26(31)32)27(33)28-12-6-7-13-29-14-16-30(17-15-29)22-8-4-3-5-9-22/h3-5,8-11,19,21H,6-7,12-18,20H2,1-2H3,(H,28,33). The lowest BCUT2D eigenvalue weighted by Gasteiger charge is -2.36. The summed E-state index contributed by atoms with van der Waals surface area (Å²) in [5.41, 5.74) is 1.93. The Labute approximate surface area is 207 Å². The van der Waals surface area contributed by atoms with E-state index >= 15 is 0 Å². The van der Waals surface area contributed by atoms with Crippen molar-refractivity contribution >= 4 is 23.2 Å². The van der Waals surface area contributed by atoms with E-state index in [0.717, 1.165) is 45.6 Å². The van der Waals surface area contributed by atoms with Crippen LogP contribution in [0.4, 0.5) is 11.4 Å². The van der Waals surface area contributed by atoms with Gasteiger partial charge in [0.25, 0.3) is 0 Å². The molecule has 2 saturated heterocycles. The highest BCUT2D eigenvalue weighted by atomic mass is 16.5. The fourth-order valence-corrected chi connectivity index (χ4v) is 4.81. The summed E-state index contributed by atoms with van der Waals surface area (Å²) in [6, 6.07) is 15.9. The van der Waals surface area contributed by atoms with Crippen LogP contribution in [0.2, 0.25) is 0 Å². The summed E-state index contributed by atoms with van der Waals surface area (Å²) in [6.45, 7) is 6.25. The molecule has 2 fully saturated rings. The first kappa shape index (κ1) is 24.9. The summed E-state index contributed by atoms with van der Waals surface area (Å²) >= 11 is 0. The van der Waals surface area contributed by atoms with Crippen LogP contribution < -0.4 is 24.6 Å². The molecule has 0 spiro atoms. The molecule has 0 bridgehead atoms. The average Bonchev–Trinajstić information content (AvgIpc) is 3.30. The van der Waals surface area contributed by atoms with Gasteiger partial charge in [0.2, 0.25) is 11.8 Å². The van der Waals surface area contributed by atoms with E-state index in [1.54, 1.807) is 37.3 Å². The number of ether oxygens (including phenoxy) is 2. The van der Waals surface area contributed by atoms with E-state index in [1.165, 1.54) is 5.69 Å². The van der Waals surface area contributed by atoms with Crippen LogP contribution in [-0.2, 0) is 9.59 Å². The molecule has 1 atom stereocenters. The molecule has 2 aromatic rings. The molecule has 1 unspecified atom stereocenters. The predicted molar refractivity (Wildman–Crippen MR) is 137 cm³/mol. The lowest BCUT2D eigenvalue weighted by molar-refractivity contribution is -0.126. The molecular formula is C27H36N4O4. The molecule has 2 aromatic carbocycles. The number of amides is 2. The molecule has 188 valence electrons. The highest BCUT2D eigenvalue weighted by molar-refractivity contribution is 6.01. The van der Waals surface area contributed by atoms with Gasteiger partial charge in [-0.1, -0.05) is 18.2 Å². The first-order valence-corrected chi connectivity index (χ1v) is 12.4. The monoisotopic (exact) mass is 480 g/mol. The first-order valence-electron chi connectivity index (χ1n) is 12.4. The van der Waals surface area contributed by atoms with Gasteiger partial charge >= 0.3 is 0 Å². The number of methoxy groups -OCH3 is 2. The molecule has 2 amide bonds. The summed E-state index contributed by atoms with van der Waals surface area (Å²) < 4.78 is 10.7. The summed E-state index contributed by atoms with van der Waals surface area (Å²) in [7, 11) is 3.15. The van der Waals surface area contributed by atoms with Crippen LogP contribution in [0.3, 0.4) is 0 Å². The third kappa shape index (κ3) is 6.25. The lowest BCUT2D eigenvalue weighted by atomic mass is 10.1. The maximum atomic E-state index is 12.7. The van der Waals surface area contributed by atoms with Crippen LogP contribution in [-0.4, -0.2) is 76.7 Å². The number of anilines is 2. The van der Waals surface area contributed by atoms with Gasteiger partial charge in [-0.05, 0) is 43.7 Å². The molecule has 4 rings (SSSR count). The third-order valence-electron chi connectivity index (χ3n) is 6.87. The minimum atomic E-state index is -0.357. The minimum absolute atomic E-state index is 0.0563. The number of hydrogen-bond donors (Lipinski definition) is 1. The molecular weight excluding hydrogens is 444 g/mol. The minimum Gasteiger partial charge on any atom is -0.497 e. The van der Waals surface area contributed by atoms with Crippen molar-refractivity contribution in [2.24, 2.45) is 5.92 Å². The second-order valence-electron chi connectivity index (χ2n) is 9.11. The summed E-state index contributed by atoms with van der Waals surface area (Å²) in [5.74, 6) is 0.739. The number of hydrogen-bond acceptors (Lipinski definition) is 6. The van der Waals surface area contributed by atoms with Crippen LogP contribution in [0.25, 0.3) is 0 Å². The van der Waals surface area contributed by atoms with Gasteiger partial charge in [0.1, 0.15) is 11.5 Å². The molecule has 8 heteroatoms.